The van der Waals surface area contributed by atoms with Crippen LogP contribution in [0.3, 0.4) is 0 Å². The van der Waals surface area contributed by atoms with Crippen molar-refractivity contribution in [1.29, 1.82) is 0 Å². The quantitative estimate of drug-likeness (QED) is 0.683. The third-order valence-electron chi connectivity index (χ3n) is 3.53. The zero-order chi connectivity index (χ0) is 17.6. The summed E-state index contributed by atoms with van der Waals surface area (Å²) in [6.45, 7) is 0.0329. The number of rotatable bonds is 7. The van der Waals surface area contributed by atoms with Crippen molar-refractivity contribution in [2.45, 2.75) is 0 Å². The molecule has 1 heterocycles. The van der Waals surface area contributed by atoms with Crippen LogP contribution in [0.5, 0.6) is 17.2 Å². The largest absolute Gasteiger partial charge is 0.497 e. The van der Waals surface area contributed by atoms with E-state index in [1.165, 1.54) is 0 Å². The van der Waals surface area contributed by atoms with Crippen LogP contribution in [0.2, 0.25) is 0 Å². The van der Waals surface area contributed by atoms with Crippen LogP contribution in [0, 0.1) is 0 Å². The van der Waals surface area contributed by atoms with Gasteiger partial charge in [-0.25, -0.2) is 4.98 Å². The number of aliphatic hydroxyl groups is 1. The summed E-state index contributed by atoms with van der Waals surface area (Å²) in [7, 11) is 3.11. The van der Waals surface area contributed by atoms with E-state index in [2.05, 4.69) is 15.3 Å². The van der Waals surface area contributed by atoms with Crippen LogP contribution in [0.15, 0.2) is 42.6 Å². The van der Waals surface area contributed by atoms with E-state index in [9.17, 15) is 0 Å². The summed E-state index contributed by atoms with van der Waals surface area (Å²) in [6, 6.07) is 11.1. The molecule has 1 aromatic heterocycles. The van der Waals surface area contributed by atoms with Gasteiger partial charge in [-0.2, -0.15) is 0 Å². The van der Waals surface area contributed by atoms with Crippen molar-refractivity contribution in [3.63, 3.8) is 0 Å². The summed E-state index contributed by atoms with van der Waals surface area (Å²) in [6.07, 6.45) is 1.64. The third-order valence-corrected chi connectivity index (χ3v) is 3.53. The Morgan fingerprint density at radius 1 is 1.08 bits per heavy atom. The Hall–Kier alpha value is -3.06. The molecule has 0 aliphatic heterocycles. The van der Waals surface area contributed by atoms with Gasteiger partial charge >= 0.3 is 0 Å². The highest BCUT2D eigenvalue weighted by Gasteiger charge is 2.15. The van der Waals surface area contributed by atoms with E-state index in [1.54, 1.807) is 32.5 Å². The van der Waals surface area contributed by atoms with E-state index in [0.29, 0.717) is 28.8 Å². The molecule has 0 spiro atoms. The number of fused-ring (bicyclic) bond motifs is 1. The molecule has 0 aliphatic rings. The fourth-order valence-corrected chi connectivity index (χ4v) is 2.39. The van der Waals surface area contributed by atoms with E-state index in [1.807, 2.05) is 24.3 Å². The first-order valence-electron chi connectivity index (χ1n) is 7.73. The zero-order valence-corrected chi connectivity index (χ0v) is 14.0. The smallest absolute Gasteiger partial charge is 0.185 e. The Morgan fingerprint density at radius 2 is 1.88 bits per heavy atom. The van der Waals surface area contributed by atoms with Gasteiger partial charge in [-0.3, -0.25) is 4.98 Å². The highest BCUT2D eigenvalue weighted by atomic mass is 16.5. The minimum absolute atomic E-state index is 0.107. The van der Waals surface area contributed by atoms with Gasteiger partial charge in [0.1, 0.15) is 18.2 Å². The van der Waals surface area contributed by atoms with E-state index >= 15 is 0 Å². The van der Waals surface area contributed by atoms with Crippen LogP contribution in [0.1, 0.15) is 0 Å². The molecule has 0 radical (unpaired) electrons. The summed E-state index contributed by atoms with van der Waals surface area (Å²) >= 11 is 0. The summed E-state index contributed by atoms with van der Waals surface area (Å²) in [5.41, 5.74) is 2.20. The molecule has 7 heteroatoms. The molecule has 7 nitrogen and oxygen atoms in total. The predicted molar refractivity (Wildman–Crippen MR) is 94.9 cm³/mol. The van der Waals surface area contributed by atoms with Gasteiger partial charge in [0, 0.05) is 12.1 Å². The van der Waals surface area contributed by atoms with E-state index < -0.39 is 0 Å². The molecule has 0 aliphatic carbocycles. The number of methoxy groups -OCH3 is 2. The van der Waals surface area contributed by atoms with E-state index in [-0.39, 0.29) is 13.2 Å². The highest BCUT2D eigenvalue weighted by Crippen LogP contribution is 2.40. The van der Waals surface area contributed by atoms with Gasteiger partial charge < -0.3 is 24.6 Å². The average molecular weight is 341 g/mol. The molecule has 0 amide bonds. The number of nitrogens with zero attached hydrogens (tertiary/aromatic N) is 2. The molecule has 130 valence electrons. The lowest BCUT2D eigenvalue weighted by Crippen LogP contribution is -2.06. The van der Waals surface area contributed by atoms with Crippen LogP contribution in [0.4, 0.5) is 11.5 Å². The molecule has 25 heavy (non-hydrogen) atoms. The first kappa shape index (κ1) is 16.8. The lowest BCUT2D eigenvalue weighted by atomic mass is 10.2. The maximum atomic E-state index is 9.06. The molecule has 0 fully saturated rings. The third kappa shape index (κ3) is 3.72. The number of hydrogen-bond donors (Lipinski definition) is 2. The van der Waals surface area contributed by atoms with E-state index in [4.69, 9.17) is 19.3 Å². The summed E-state index contributed by atoms with van der Waals surface area (Å²) in [4.78, 5) is 8.93. The molecule has 0 atom stereocenters. The first-order valence-corrected chi connectivity index (χ1v) is 7.73. The van der Waals surface area contributed by atoms with Gasteiger partial charge in [-0.1, -0.05) is 12.1 Å². The number of aliphatic hydroxyl groups excluding tert-OH is 1. The van der Waals surface area contributed by atoms with Gasteiger partial charge in [0.2, 0.25) is 0 Å². The second kappa shape index (κ2) is 7.67. The van der Waals surface area contributed by atoms with Crippen molar-refractivity contribution in [2.75, 3.05) is 32.8 Å². The zero-order valence-electron chi connectivity index (χ0n) is 14.0. The first-order chi connectivity index (χ1) is 12.2. The number of para-hydroxylation sites is 2. The van der Waals surface area contributed by atoms with Gasteiger partial charge in [-0.05, 0) is 12.1 Å². The Kier molecular flexibility index (Phi) is 5.15. The molecular formula is C18H19N3O4. The average Bonchev–Trinajstić information content (AvgIpc) is 2.66. The minimum atomic E-state index is -0.107. The van der Waals surface area contributed by atoms with Crippen molar-refractivity contribution in [1.82, 2.24) is 9.97 Å². The highest BCUT2D eigenvalue weighted by molar-refractivity contribution is 5.77. The van der Waals surface area contributed by atoms with Gasteiger partial charge in [0.25, 0.3) is 0 Å². The van der Waals surface area contributed by atoms with E-state index in [0.717, 1.165) is 11.0 Å². The molecule has 2 aromatic carbocycles. The van der Waals surface area contributed by atoms with Crippen molar-refractivity contribution >= 4 is 22.5 Å². The van der Waals surface area contributed by atoms with Crippen molar-refractivity contribution < 1.29 is 19.3 Å². The lowest BCUT2D eigenvalue weighted by Gasteiger charge is -2.17. The van der Waals surface area contributed by atoms with Crippen LogP contribution >= 0.6 is 0 Å². The summed E-state index contributed by atoms with van der Waals surface area (Å²) in [5, 5.41) is 12.2. The standard InChI is InChI=1S/C18H19N3O4/c1-23-12-9-15(18(25-8-7-22)16(10-12)24-2)21-17-11-19-13-5-3-4-6-14(13)20-17/h3-6,9-11,22H,7-8H2,1-2H3,(H,20,21). The summed E-state index contributed by atoms with van der Waals surface area (Å²) in [5.74, 6) is 2.11. The molecular weight excluding hydrogens is 322 g/mol. The fourth-order valence-electron chi connectivity index (χ4n) is 2.39. The maximum absolute atomic E-state index is 9.06. The number of benzene rings is 2. The maximum Gasteiger partial charge on any atom is 0.185 e. The number of anilines is 2. The van der Waals surface area contributed by atoms with Crippen molar-refractivity contribution in [2.24, 2.45) is 0 Å². The summed E-state index contributed by atoms with van der Waals surface area (Å²) < 4.78 is 16.3. The van der Waals surface area contributed by atoms with Crippen LogP contribution in [0.25, 0.3) is 11.0 Å². The number of aromatic nitrogens is 2. The van der Waals surface area contributed by atoms with Gasteiger partial charge in [0.15, 0.2) is 11.5 Å². The molecule has 3 aromatic rings. The Bertz CT molecular complexity index is 870. The number of hydrogen-bond acceptors (Lipinski definition) is 7. The molecule has 0 bridgehead atoms. The SMILES string of the molecule is COc1cc(Nc2cnc3ccccc3n2)c(OCCO)c(OC)c1. The normalized spacial score (nSPS) is 10.5. The van der Waals surface area contributed by atoms with Gasteiger partial charge in [0.05, 0.1) is 43.7 Å². The Balaban J connectivity index is 2.00. The van der Waals surface area contributed by atoms with Crippen molar-refractivity contribution in [3.8, 4) is 17.2 Å². The Labute approximate surface area is 145 Å². The second-order valence-electron chi connectivity index (χ2n) is 5.15. The molecule has 0 saturated carbocycles. The fraction of sp³-hybridized carbons (Fsp3) is 0.222. The second-order valence-corrected chi connectivity index (χ2v) is 5.15. The van der Waals surface area contributed by atoms with Crippen LogP contribution < -0.4 is 19.5 Å². The molecule has 3 rings (SSSR count). The molecule has 2 N–H and O–H groups in total. The number of nitrogens with one attached hydrogen (secondary N) is 1. The predicted octanol–water partition coefficient (Wildman–Crippen LogP) is 2.76. The van der Waals surface area contributed by atoms with Crippen molar-refractivity contribution in [3.05, 3.63) is 42.6 Å². The number of ether oxygens (including phenoxy) is 3. The molecule has 0 unspecified atom stereocenters. The van der Waals surface area contributed by atoms with Crippen LogP contribution in [-0.4, -0.2) is 42.5 Å². The van der Waals surface area contributed by atoms with Crippen LogP contribution in [-0.2, 0) is 0 Å². The molecule has 0 saturated heterocycles. The van der Waals surface area contributed by atoms with Gasteiger partial charge in [-0.15, -0.1) is 0 Å². The lowest BCUT2D eigenvalue weighted by molar-refractivity contribution is 0.197. The minimum Gasteiger partial charge on any atom is -0.497 e. The topological polar surface area (TPSA) is 85.7 Å². The Morgan fingerprint density at radius 3 is 2.60 bits per heavy atom. The monoisotopic (exact) mass is 341 g/mol.